The van der Waals surface area contributed by atoms with E-state index in [1.807, 2.05) is 16.7 Å². The lowest BCUT2D eigenvalue weighted by Crippen LogP contribution is -2.07. The molecule has 0 radical (unpaired) electrons. The van der Waals surface area contributed by atoms with E-state index in [0.29, 0.717) is 0 Å². The van der Waals surface area contributed by atoms with Crippen molar-refractivity contribution >= 4 is 0 Å². The van der Waals surface area contributed by atoms with Crippen LogP contribution in [0.4, 0.5) is 0 Å². The van der Waals surface area contributed by atoms with Crippen LogP contribution >= 0.6 is 0 Å². The molecule has 0 N–H and O–H groups in total. The fourth-order valence-electron chi connectivity index (χ4n) is 11.7. The maximum Gasteiger partial charge on any atom is -0.00992 e. The molecule has 0 heteroatoms. The molecule has 1 aliphatic rings. The van der Waals surface area contributed by atoms with Crippen molar-refractivity contribution in [2.24, 2.45) is 17.8 Å². The van der Waals surface area contributed by atoms with Gasteiger partial charge in [0.2, 0.25) is 0 Å². The van der Waals surface area contributed by atoms with Gasteiger partial charge in [0, 0.05) is 0 Å². The highest BCUT2D eigenvalue weighted by Gasteiger charge is 2.24. The van der Waals surface area contributed by atoms with Crippen molar-refractivity contribution in [1.29, 1.82) is 0 Å². The molecular formula is C65H126. The molecule has 0 aliphatic heterocycles. The second-order valence-electron chi connectivity index (χ2n) is 22.8. The predicted molar refractivity (Wildman–Crippen MR) is 300 cm³/mol. The van der Waals surface area contributed by atoms with E-state index in [4.69, 9.17) is 0 Å². The highest BCUT2D eigenvalue weighted by molar-refractivity contribution is 5.40. The standard InChI is InChI=1S/C65H126/c1-7-13-19-25-31-34-40-44-50-60(49-43-37-28-22-16-10-4)55-63-58-64(56-61(51-45-38-29-23-17-11-5)53-47-41-35-32-26-20-14-8-2)65(59-63)57-62(52-46-39-30-24-18-12-6)54-48-42-36-33-27-21-15-9-3/h58,60-62H,7-57,59H2,1-6H3. The molecule has 0 nitrogen and oxygen atoms in total. The lowest BCUT2D eigenvalue weighted by atomic mass is 9.83. The Balaban J connectivity index is 3.26. The van der Waals surface area contributed by atoms with Crippen molar-refractivity contribution in [3.8, 4) is 0 Å². The molecule has 0 saturated carbocycles. The Morgan fingerprint density at radius 1 is 0.262 bits per heavy atom. The second kappa shape index (κ2) is 49.9. The van der Waals surface area contributed by atoms with E-state index in [1.54, 1.807) is 0 Å². The van der Waals surface area contributed by atoms with Crippen LogP contribution in [0, 0.1) is 17.8 Å². The monoisotopic (exact) mass is 907 g/mol. The zero-order valence-corrected chi connectivity index (χ0v) is 46.6. The molecule has 0 bridgehead atoms. The topological polar surface area (TPSA) is 0 Å². The van der Waals surface area contributed by atoms with Gasteiger partial charge in [0.15, 0.2) is 0 Å². The van der Waals surface area contributed by atoms with Crippen molar-refractivity contribution in [3.63, 3.8) is 0 Å². The van der Waals surface area contributed by atoms with Gasteiger partial charge in [0.1, 0.15) is 0 Å². The number of rotatable bonds is 54. The Bertz CT molecular complexity index is 998. The van der Waals surface area contributed by atoms with Gasteiger partial charge in [-0.15, -0.1) is 0 Å². The summed E-state index contributed by atoms with van der Waals surface area (Å²) in [4.78, 5) is 0. The molecule has 0 fully saturated rings. The first-order valence-corrected chi connectivity index (χ1v) is 31.5. The number of allylic oxidation sites excluding steroid dienone is 4. The highest BCUT2D eigenvalue weighted by atomic mass is 14.3. The average molecular weight is 908 g/mol. The van der Waals surface area contributed by atoms with Crippen LogP contribution in [0.5, 0.6) is 0 Å². The van der Waals surface area contributed by atoms with Crippen LogP contribution in [0.1, 0.15) is 375 Å². The van der Waals surface area contributed by atoms with Crippen molar-refractivity contribution < 1.29 is 0 Å². The van der Waals surface area contributed by atoms with Gasteiger partial charge in [-0.1, -0.05) is 367 Å². The SMILES string of the molecule is CCCCCCCCCCC(CCCCCCCC)CC1=CC(CC(CCCCCCCC)CCCCCCCCCC)=C(CC(CCCCCCCC)CCCCCCCCCC)C1. The molecule has 0 aromatic heterocycles. The quantitative estimate of drug-likeness (QED) is 0.0534. The van der Waals surface area contributed by atoms with E-state index < -0.39 is 0 Å². The molecule has 0 heterocycles. The second-order valence-corrected chi connectivity index (χ2v) is 22.8. The van der Waals surface area contributed by atoms with E-state index in [9.17, 15) is 0 Å². The van der Waals surface area contributed by atoms with Gasteiger partial charge < -0.3 is 0 Å². The molecule has 3 unspecified atom stereocenters. The first-order chi connectivity index (χ1) is 32.1. The Morgan fingerprint density at radius 2 is 0.477 bits per heavy atom. The van der Waals surface area contributed by atoms with Gasteiger partial charge in [-0.2, -0.15) is 0 Å². The van der Waals surface area contributed by atoms with Crippen molar-refractivity contribution in [3.05, 3.63) is 22.8 Å². The lowest BCUT2D eigenvalue weighted by molar-refractivity contribution is 0.387. The summed E-state index contributed by atoms with van der Waals surface area (Å²) in [5.74, 6) is 2.74. The summed E-state index contributed by atoms with van der Waals surface area (Å²) in [6.45, 7) is 14.2. The Morgan fingerprint density at radius 3 is 0.738 bits per heavy atom. The molecule has 0 spiro atoms. The summed E-state index contributed by atoms with van der Waals surface area (Å²) in [6, 6.07) is 0. The van der Waals surface area contributed by atoms with Crippen LogP contribution in [0.2, 0.25) is 0 Å². The van der Waals surface area contributed by atoms with Crippen LogP contribution < -0.4 is 0 Å². The van der Waals surface area contributed by atoms with Gasteiger partial charge in [-0.25, -0.2) is 0 Å². The first-order valence-electron chi connectivity index (χ1n) is 31.5. The summed E-state index contributed by atoms with van der Waals surface area (Å²) in [5, 5.41) is 0. The third-order valence-electron chi connectivity index (χ3n) is 16.2. The van der Waals surface area contributed by atoms with Crippen LogP contribution in [0.15, 0.2) is 22.8 Å². The molecule has 0 aromatic rings. The Kier molecular flexibility index (Phi) is 48.0. The number of hydrogen-bond acceptors (Lipinski definition) is 0. The van der Waals surface area contributed by atoms with Gasteiger partial charge in [0.05, 0.1) is 0 Å². The fourth-order valence-corrected chi connectivity index (χ4v) is 11.7. The van der Waals surface area contributed by atoms with Gasteiger partial charge >= 0.3 is 0 Å². The van der Waals surface area contributed by atoms with E-state index in [2.05, 4.69) is 47.6 Å². The lowest BCUT2D eigenvalue weighted by Gasteiger charge is -2.22. The maximum absolute atomic E-state index is 2.90. The van der Waals surface area contributed by atoms with Crippen molar-refractivity contribution in [2.45, 2.75) is 375 Å². The average Bonchev–Trinajstić information content (AvgIpc) is 3.68. The molecule has 0 aromatic carbocycles. The molecule has 1 rings (SSSR count). The Hall–Kier alpha value is -0.520. The number of hydrogen-bond donors (Lipinski definition) is 0. The highest BCUT2D eigenvalue weighted by Crippen LogP contribution is 2.41. The first kappa shape index (κ1) is 62.5. The minimum atomic E-state index is 0.905. The molecular weight excluding hydrogens is 781 g/mol. The van der Waals surface area contributed by atoms with E-state index in [1.165, 1.54) is 334 Å². The van der Waals surface area contributed by atoms with Crippen LogP contribution in [-0.4, -0.2) is 0 Å². The largest absolute Gasteiger partial charge is 0.0656 e. The van der Waals surface area contributed by atoms with Gasteiger partial charge in [0.25, 0.3) is 0 Å². The number of unbranched alkanes of at least 4 members (excludes halogenated alkanes) is 36. The zero-order valence-electron chi connectivity index (χ0n) is 46.6. The molecule has 0 amide bonds. The van der Waals surface area contributed by atoms with Gasteiger partial charge in [-0.3, -0.25) is 0 Å². The molecule has 3 atom stereocenters. The normalized spacial score (nSPS) is 14.5. The minimum Gasteiger partial charge on any atom is -0.0656 e. The molecule has 386 valence electrons. The minimum absolute atomic E-state index is 0.905. The molecule has 65 heavy (non-hydrogen) atoms. The zero-order chi connectivity index (χ0) is 46.9. The third-order valence-corrected chi connectivity index (χ3v) is 16.2. The fraction of sp³-hybridized carbons (Fsp3) is 0.938. The molecule has 0 saturated heterocycles. The summed E-state index contributed by atoms with van der Waals surface area (Å²) in [5.41, 5.74) is 5.70. The van der Waals surface area contributed by atoms with Crippen LogP contribution in [0.3, 0.4) is 0 Å². The third kappa shape index (κ3) is 40.0. The smallest absolute Gasteiger partial charge is 0.00992 e. The Labute approximate surface area is 414 Å². The van der Waals surface area contributed by atoms with E-state index in [0.717, 1.165) is 17.8 Å². The summed E-state index contributed by atoms with van der Waals surface area (Å²) in [6.07, 6.45) is 78.4. The van der Waals surface area contributed by atoms with Crippen LogP contribution in [-0.2, 0) is 0 Å². The molecule has 1 aliphatic carbocycles. The van der Waals surface area contributed by atoms with Crippen molar-refractivity contribution in [2.75, 3.05) is 0 Å². The predicted octanol–water partition coefficient (Wildman–Crippen LogP) is 24.5. The van der Waals surface area contributed by atoms with Crippen molar-refractivity contribution in [1.82, 2.24) is 0 Å². The summed E-state index contributed by atoms with van der Waals surface area (Å²) >= 11 is 0. The summed E-state index contributed by atoms with van der Waals surface area (Å²) < 4.78 is 0. The van der Waals surface area contributed by atoms with Crippen LogP contribution in [0.25, 0.3) is 0 Å². The summed E-state index contributed by atoms with van der Waals surface area (Å²) in [7, 11) is 0. The van der Waals surface area contributed by atoms with Gasteiger partial charge in [-0.05, 0) is 49.0 Å². The van der Waals surface area contributed by atoms with E-state index >= 15 is 0 Å². The maximum atomic E-state index is 2.90. The van der Waals surface area contributed by atoms with E-state index in [-0.39, 0.29) is 0 Å².